The number of methoxy groups -OCH3 is 1. The van der Waals surface area contributed by atoms with Crippen molar-refractivity contribution in [2.75, 3.05) is 11.8 Å². The van der Waals surface area contributed by atoms with Crippen molar-refractivity contribution in [3.8, 4) is 5.75 Å². The summed E-state index contributed by atoms with van der Waals surface area (Å²) in [5.74, 6) is -0.126. The summed E-state index contributed by atoms with van der Waals surface area (Å²) < 4.78 is 32.8. The highest BCUT2D eigenvalue weighted by Gasteiger charge is 2.18. The molecule has 1 aliphatic rings. The van der Waals surface area contributed by atoms with Gasteiger partial charge in [-0.15, -0.1) is 0 Å². The molecule has 2 aromatic rings. The number of hydrazine groups is 1. The number of hydrogen-bond acceptors (Lipinski definition) is 5. The number of allylic oxidation sites excluding steroid dienone is 2. The average Bonchev–Trinajstić information content (AvgIpc) is 3.25. The van der Waals surface area contributed by atoms with Crippen molar-refractivity contribution in [2.45, 2.75) is 24.2 Å². The Morgan fingerprint density at radius 1 is 1.10 bits per heavy atom. The van der Waals surface area contributed by atoms with Crippen LogP contribution in [0.3, 0.4) is 0 Å². The van der Waals surface area contributed by atoms with E-state index in [-0.39, 0.29) is 28.7 Å². The zero-order valence-corrected chi connectivity index (χ0v) is 17.2. The Bertz CT molecular complexity index is 1050. The molecule has 30 heavy (non-hydrogen) atoms. The van der Waals surface area contributed by atoms with Crippen LogP contribution in [0.25, 0.3) is 0 Å². The van der Waals surface area contributed by atoms with Crippen LogP contribution < -0.4 is 20.3 Å². The quantitative estimate of drug-likeness (QED) is 0.462. The van der Waals surface area contributed by atoms with Crippen LogP contribution in [0, 0.1) is 5.92 Å². The maximum Gasteiger partial charge on any atom is 0.269 e. The van der Waals surface area contributed by atoms with Crippen molar-refractivity contribution in [1.82, 2.24) is 10.9 Å². The van der Waals surface area contributed by atoms with Gasteiger partial charge in [0.25, 0.3) is 15.9 Å². The van der Waals surface area contributed by atoms with Crippen LogP contribution in [0.2, 0.25) is 0 Å². The first-order valence-electron chi connectivity index (χ1n) is 9.40. The minimum absolute atomic E-state index is 0.0756. The third-order valence-corrected chi connectivity index (χ3v) is 6.00. The number of anilines is 1. The predicted molar refractivity (Wildman–Crippen MR) is 112 cm³/mol. The van der Waals surface area contributed by atoms with Gasteiger partial charge in [-0.25, -0.2) is 8.42 Å². The second-order valence-electron chi connectivity index (χ2n) is 6.83. The second kappa shape index (κ2) is 9.45. The summed E-state index contributed by atoms with van der Waals surface area (Å²) in [7, 11) is -2.38. The topological polar surface area (TPSA) is 114 Å². The van der Waals surface area contributed by atoms with E-state index >= 15 is 0 Å². The lowest BCUT2D eigenvalue weighted by Gasteiger charge is -2.11. The molecular weight excluding hydrogens is 406 g/mol. The van der Waals surface area contributed by atoms with Gasteiger partial charge in [-0.3, -0.25) is 25.2 Å². The molecule has 0 saturated heterocycles. The van der Waals surface area contributed by atoms with Gasteiger partial charge in [0.1, 0.15) is 5.75 Å². The highest BCUT2D eigenvalue weighted by Crippen LogP contribution is 2.21. The van der Waals surface area contributed by atoms with Gasteiger partial charge < -0.3 is 4.74 Å². The lowest BCUT2D eigenvalue weighted by atomic mass is 10.1. The third kappa shape index (κ3) is 5.60. The van der Waals surface area contributed by atoms with E-state index in [0.29, 0.717) is 11.4 Å². The van der Waals surface area contributed by atoms with E-state index in [4.69, 9.17) is 4.74 Å². The lowest BCUT2D eigenvalue weighted by molar-refractivity contribution is -0.122. The summed E-state index contributed by atoms with van der Waals surface area (Å²) in [6, 6.07) is 12.0. The number of carbonyl (C=O) groups is 2. The number of ether oxygens (including phenoxy) is 1. The molecule has 2 aromatic carbocycles. The van der Waals surface area contributed by atoms with Gasteiger partial charge in [-0.2, -0.15) is 0 Å². The van der Waals surface area contributed by atoms with Gasteiger partial charge in [0.15, 0.2) is 0 Å². The molecule has 0 fully saturated rings. The van der Waals surface area contributed by atoms with Crippen LogP contribution in [-0.2, 0) is 14.8 Å². The summed E-state index contributed by atoms with van der Waals surface area (Å²) in [6.07, 6.45) is 6.18. The van der Waals surface area contributed by atoms with E-state index in [2.05, 4.69) is 15.6 Å². The van der Waals surface area contributed by atoms with Crippen molar-refractivity contribution in [2.24, 2.45) is 5.92 Å². The van der Waals surface area contributed by atoms with Crippen molar-refractivity contribution in [3.05, 3.63) is 66.2 Å². The molecule has 1 unspecified atom stereocenters. The van der Waals surface area contributed by atoms with Gasteiger partial charge in [-0.1, -0.05) is 18.2 Å². The first kappa shape index (κ1) is 21.4. The standard InChI is InChI=1S/C21H23N3O5S/c1-29-18-11-9-17(10-12-18)24-30(27,28)19-8-4-7-16(14-19)21(26)23-22-20(25)13-15-5-2-3-6-15/h2,4-5,7-12,14-15,24H,3,6,13H2,1H3,(H,22,25)(H,23,26). The Hall–Kier alpha value is -3.33. The van der Waals surface area contributed by atoms with Crippen LogP contribution in [-0.4, -0.2) is 27.3 Å². The molecule has 0 heterocycles. The van der Waals surface area contributed by atoms with Crippen molar-refractivity contribution >= 4 is 27.5 Å². The van der Waals surface area contributed by atoms with Crippen molar-refractivity contribution in [3.63, 3.8) is 0 Å². The number of hydrogen-bond donors (Lipinski definition) is 3. The summed E-state index contributed by atoms with van der Waals surface area (Å²) in [5.41, 5.74) is 5.15. The Labute approximate surface area is 175 Å². The van der Waals surface area contributed by atoms with Crippen LogP contribution in [0.4, 0.5) is 5.69 Å². The Morgan fingerprint density at radius 2 is 1.87 bits per heavy atom. The van der Waals surface area contributed by atoms with Gasteiger partial charge in [0, 0.05) is 17.7 Å². The highest BCUT2D eigenvalue weighted by molar-refractivity contribution is 7.92. The fourth-order valence-corrected chi connectivity index (χ4v) is 4.13. The van der Waals surface area contributed by atoms with E-state index in [1.165, 1.54) is 31.4 Å². The number of rotatable bonds is 7. The van der Waals surface area contributed by atoms with Gasteiger partial charge in [0.05, 0.1) is 12.0 Å². The van der Waals surface area contributed by atoms with Crippen molar-refractivity contribution < 1.29 is 22.7 Å². The smallest absolute Gasteiger partial charge is 0.269 e. The number of benzene rings is 2. The molecule has 0 aliphatic heterocycles. The molecule has 0 bridgehead atoms. The molecule has 158 valence electrons. The minimum Gasteiger partial charge on any atom is -0.497 e. The van der Waals surface area contributed by atoms with Crippen LogP contribution in [0.5, 0.6) is 5.75 Å². The van der Waals surface area contributed by atoms with E-state index in [1.807, 2.05) is 12.2 Å². The second-order valence-corrected chi connectivity index (χ2v) is 8.52. The SMILES string of the molecule is COc1ccc(NS(=O)(=O)c2cccc(C(=O)NNC(=O)CC3C=CCC3)c2)cc1. The Kier molecular flexibility index (Phi) is 6.73. The fraction of sp³-hybridized carbons (Fsp3) is 0.238. The van der Waals surface area contributed by atoms with Gasteiger partial charge in [0.2, 0.25) is 5.91 Å². The molecule has 1 atom stereocenters. The lowest BCUT2D eigenvalue weighted by Crippen LogP contribution is -2.42. The predicted octanol–water partition coefficient (Wildman–Crippen LogP) is 2.61. The third-order valence-electron chi connectivity index (χ3n) is 4.62. The normalized spacial score (nSPS) is 15.4. The molecule has 0 aromatic heterocycles. The Balaban J connectivity index is 1.62. The zero-order valence-electron chi connectivity index (χ0n) is 16.4. The van der Waals surface area contributed by atoms with E-state index in [1.54, 1.807) is 24.3 Å². The van der Waals surface area contributed by atoms with Crippen LogP contribution >= 0.6 is 0 Å². The van der Waals surface area contributed by atoms with Crippen molar-refractivity contribution in [1.29, 1.82) is 0 Å². The highest BCUT2D eigenvalue weighted by atomic mass is 32.2. The Morgan fingerprint density at radius 3 is 2.53 bits per heavy atom. The summed E-state index contributed by atoms with van der Waals surface area (Å²) >= 11 is 0. The van der Waals surface area contributed by atoms with Crippen LogP contribution in [0.15, 0.2) is 65.6 Å². The molecule has 0 radical (unpaired) electrons. The average molecular weight is 429 g/mol. The number of amides is 2. The zero-order chi connectivity index (χ0) is 21.6. The summed E-state index contributed by atoms with van der Waals surface area (Å²) in [4.78, 5) is 24.2. The van der Waals surface area contributed by atoms with Gasteiger partial charge >= 0.3 is 0 Å². The maximum absolute atomic E-state index is 12.6. The first-order chi connectivity index (χ1) is 14.4. The molecule has 1 aliphatic carbocycles. The van der Waals surface area contributed by atoms with E-state index in [9.17, 15) is 18.0 Å². The fourth-order valence-electron chi connectivity index (χ4n) is 3.03. The molecule has 8 nitrogen and oxygen atoms in total. The number of carbonyl (C=O) groups excluding carboxylic acids is 2. The van der Waals surface area contributed by atoms with Gasteiger partial charge in [-0.05, 0) is 61.2 Å². The molecule has 2 amide bonds. The molecule has 0 spiro atoms. The van der Waals surface area contributed by atoms with E-state index in [0.717, 1.165) is 12.8 Å². The number of nitrogens with one attached hydrogen (secondary N) is 3. The summed E-state index contributed by atoms with van der Waals surface area (Å²) in [6.45, 7) is 0. The molecule has 3 N–H and O–H groups in total. The summed E-state index contributed by atoms with van der Waals surface area (Å²) in [5, 5.41) is 0. The minimum atomic E-state index is -3.90. The van der Waals surface area contributed by atoms with E-state index < -0.39 is 15.9 Å². The molecule has 0 saturated carbocycles. The maximum atomic E-state index is 12.6. The van der Waals surface area contributed by atoms with Crippen LogP contribution in [0.1, 0.15) is 29.6 Å². The number of sulfonamides is 1. The monoisotopic (exact) mass is 429 g/mol. The first-order valence-corrected chi connectivity index (χ1v) is 10.9. The molecular formula is C21H23N3O5S. The molecule has 3 rings (SSSR count). The largest absolute Gasteiger partial charge is 0.497 e. The molecule has 9 heteroatoms.